The molecular formula is C20H13ClF3N5OS. The quantitative estimate of drug-likeness (QED) is 0.342. The minimum absolute atomic E-state index is 0.0160. The van der Waals surface area contributed by atoms with Gasteiger partial charge in [-0.3, -0.25) is 9.89 Å². The van der Waals surface area contributed by atoms with Crippen molar-refractivity contribution in [2.75, 3.05) is 0 Å². The average Bonchev–Trinajstić information content (AvgIpc) is 3.32. The number of nitrogens with one attached hydrogen (secondary N) is 1. The van der Waals surface area contributed by atoms with E-state index in [4.69, 9.17) is 11.6 Å². The SMILES string of the molecule is Cc1[nH]n(-c2nc(-c3ccccc3)cs2)c(=O)c1N=Nc1cc(C(F)(F)F)ccc1Cl. The van der Waals surface area contributed by atoms with Crippen molar-refractivity contribution in [1.29, 1.82) is 0 Å². The average molecular weight is 464 g/mol. The lowest BCUT2D eigenvalue weighted by molar-refractivity contribution is -0.137. The molecule has 0 saturated carbocycles. The third-order valence-corrected chi connectivity index (χ3v) is 5.47. The van der Waals surface area contributed by atoms with E-state index in [9.17, 15) is 18.0 Å². The predicted octanol–water partition coefficient (Wildman–Crippen LogP) is 6.69. The van der Waals surface area contributed by atoms with Crippen molar-refractivity contribution >= 4 is 34.3 Å². The Morgan fingerprint density at radius 1 is 1.13 bits per heavy atom. The molecule has 31 heavy (non-hydrogen) atoms. The summed E-state index contributed by atoms with van der Waals surface area (Å²) < 4.78 is 40.0. The van der Waals surface area contributed by atoms with E-state index < -0.39 is 17.3 Å². The van der Waals surface area contributed by atoms with E-state index in [1.54, 1.807) is 6.92 Å². The Morgan fingerprint density at radius 2 is 1.87 bits per heavy atom. The molecule has 0 saturated heterocycles. The van der Waals surface area contributed by atoms with Crippen LogP contribution in [0.4, 0.5) is 24.5 Å². The summed E-state index contributed by atoms with van der Waals surface area (Å²) in [6.07, 6.45) is -4.55. The summed E-state index contributed by atoms with van der Waals surface area (Å²) in [5.41, 5.74) is 0.310. The fraction of sp³-hybridized carbons (Fsp3) is 0.100. The summed E-state index contributed by atoms with van der Waals surface area (Å²) in [6, 6.07) is 12.2. The molecule has 0 aliphatic rings. The van der Waals surface area contributed by atoms with Crippen LogP contribution in [-0.2, 0) is 6.18 Å². The summed E-state index contributed by atoms with van der Waals surface area (Å²) in [7, 11) is 0. The van der Waals surface area contributed by atoms with Gasteiger partial charge in [-0.05, 0) is 25.1 Å². The maximum absolute atomic E-state index is 12.9. The van der Waals surface area contributed by atoms with Gasteiger partial charge in [0.05, 0.1) is 22.0 Å². The normalized spacial score (nSPS) is 12.0. The largest absolute Gasteiger partial charge is 0.416 e. The molecule has 2 heterocycles. The molecule has 0 fully saturated rings. The first-order valence-corrected chi connectivity index (χ1v) is 10.1. The molecule has 4 aromatic rings. The van der Waals surface area contributed by atoms with Gasteiger partial charge in [0, 0.05) is 10.9 Å². The van der Waals surface area contributed by atoms with Gasteiger partial charge in [0.1, 0.15) is 5.69 Å². The van der Waals surface area contributed by atoms with Crippen LogP contribution in [0.1, 0.15) is 11.3 Å². The molecule has 158 valence electrons. The fourth-order valence-electron chi connectivity index (χ4n) is 2.77. The molecule has 0 bridgehead atoms. The molecule has 0 aliphatic heterocycles. The number of aromatic nitrogens is 3. The molecule has 2 aromatic heterocycles. The fourth-order valence-corrected chi connectivity index (χ4v) is 3.71. The Bertz CT molecular complexity index is 1320. The smallest absolute Gasteiger partial charge is 0.291 e. The first-order chi connectivity index (χ1) is 14.7. The highest BCUT2D eigenvalue weighted by Gasteiger charge is 2.31. The second kappa shape index (κ2) is 8.12. The van der Waals surface area contributed by atoms with Gasteiger partial charge in [-0.25, -0.2) is 4.98 Å². The number of rotatable bonds is 4. The van der Waals surface area contributed by atoms with Crippen LogP contribution in [0.15, 0.2) is 68.9 Å². The topological polar surface area (TPSA) is 75.4 Å². The minimum atomic E-state index is -4.55. The lowest BCUT2D eigenvalue weighted by Crippen LogP contribution is -2.13. The van der Waals surface area contributed by atoms with E-state index in [0.29, 0.717) is 16.5 Å². The molecule has 0 atom stereocenters. The number of aromatic amines is 1. The Kier molecular flexibility index (Phi) is 5.50. The third-order valence-electron chi connectivity index (χ3n) is 4.32. The van der Waals surface area contributed by atoms with Gasteiger partial charge >= 0.3 is 11.7 Å². The van der Waals surface area contributed by atoms with Crippen LogP contribution in [0.2, 0.25) is 5.02 Å². The van der Waals surface area contributed by atoms with Crippen molar-refractivity contribution in [2.24, 2.45) is 10.2 Å². The Labute approximate surface area is 182 Å². The number of aryl methyl sites for hydroxylation is 1. The summed E-state index contributed by atoms with van der Waals surface area (Å²) in [5, 5.41) is 12.7. The third kappa shape index (κ3) is 4.30. The second-order valence-corrected chi connectivity index (χ2v) is 7.72. The molecule has 2 aromatic carbocycles. The van der Waals surface area contributed by atoms with Crippen molar-refractivity contribution in [2.45, 2.75) is 13.1 Å². The number of H-pyrrole nitrogens is 1. The van der Waals surface area contributed by atoms with E-state index in [-0.39, 0.29) is 16.4 Å². The Hall–Kier alpha value is -3.24. The highest BCUT2D eigenvalue weighted by molar-refractivity contribution is 7.12. The highest BCUT2D eigenvalue weighted by atomic mass is 35.5. The van der Waals surface area contributed by atoms with Crippen LogP contribution in [0.25, 0.3) is 16.4 Å². The summed E-state index contributed by atoms with van der Waals surface area (Å²) >= 11 is 7.19. The lowest BCUT2D eigenvalue weighted by Gasteiger charge is -2.07. The van der Waals surface area contributed by atoms with Crippen LogP contribution in [0, 0.1) is 6.92 Å². The summed E-state index contributed by atoms with van der Waals surface area (Å²) in [4.78, 5) is 17.3. The molecule has 0 amide bonds. The number of hydrogen-bond acceptors (Lipinski definition) is 5. The number of nitrogens with zero attached hydrogens (tertiary/aromatic N) is 4. The number of benzene rings is 2. The monoisotopic (exact) mass is 463 g/mol. The van der Waals surface area contributed by atoms with E-state index in [2.05, 4.69) is 20.3 Å². The van der Waals surface area contributed by atoms with Crippen molar-refractivity contribution in [3.05, 3.63) is 80.5 Å². The number of thiazole rings is 1. The standard InChI is InChI=1S/C20H13ClF3N5OS/c1-11-17(27-26-15-9-13(20(22,23)24)7-8-14(15)21)18(30)29(28-11)19-25-16(10-31-19)12-5-3-2-4-6-12/h2-10,28H,1H3. The van der Waals surface area contributed by atoms with Gasteiger partial charge in [-0.15, -0.1) is 21.6 Å². The van der Waals surface area contributed by atoms with E-state index in [0.717, 1.165) is 23.8 Å². The van der Waals surface area contributed by atoms with Crippen LogP contribution in [0.5, 0.6) is 0 Å². The van der Waals surface area contributed by atoms with Gasteiger partial charge in [0.15, 0.2) is 5.69 Å². The van der Waals surface area contributed by atoms with Gasteiger partial charge in [-0.1, -0.05) is 41.9 Å². The summed E-state index contributed by atoms with van der Waals surface area (Å²) in [5.74, 6) is 0. The van der Waals surface area contributed by atoms with Gasteiger partial charge in [0.2, 0.25) is 5.13 Å². The first-order valence-electron chi connectivity index (χ1n) is 8.85. The molecule has 4 rings (SSSR count). The van der Waals surface area contributed by atoms with Crippen molar-refractivity contribution in [3.8, 4) is 16.4 Å². The molecule has 11 heteroatoms. The first kappa shape index (κ1) is 21.0. The predicted molar refractivity (Wildman–Crippen MR) is 113 cm³/mol. The van der Waals surface area contributed by atoms with Crippen LogP contribution >= 0.6 is 22.9 Å². The van der Waals surface area contributed by atoms with Crippen molar-refractivity contribution in [1.82, 2.24) is 14.8 Å². The van der Waals surface area contributed by atoms with Crippen molar-refractivity contribution in [3.63, 3.8) is 0 Å². The van der Waals surface area contributed by atoms with Gasteiger partial charge in [0.25, 0.3) is 0 Å². The molecule has 0 spiro atoms. The number of hydrogen-bond donors (Lipinski definition) is 1. The zero-order chi connectivity index (χ0) is 22.2. The molecule has 1 N–H and O–H groups in total. The number of halogens is 4. The highest BCUT2D eigenvalue weighted by Crippen LogP contribution is 2.35. The number of alkyl halides is 3. The maximum Gasteiger partial charge on any atom is 0.416 e. The molecule has 6 nitrogen and oxygen atoms in total. The summed E-state index contributed by atoms with van der Waals surface area (Å²) in [6.45, 7) is 1.60. The number of azo groups is 1. The van der Waals surface area contributed by atoms with Crippen LogP contribution in [-0.4, -0.2) is 14.8 Å². The Balaban J connectivity index is 1.67. The van der Waals surface area contributed by atoms with E-state index in [1.165, 1.54) is 16.0 Å². The van der Waals surface area contributed by atoms with E-state index in [1.807, 2.05) is 35.7 Å². The zero-order valence-electron chi connectivity index (χ0n) is 15.8. The minimum Gasteiger partial charge on any atom is -0.291 e. The van der Waals surface area contributed by atoms with Crippen LogP contribution < -0.4 is 5.56 Å². The lowest BCUT2D eigenvalue weighted by atomic mass is 10.2. The molecule has 0 radical (unpaired) electrons. The molecular weight excluding hydrogens is 451 g/mol. The maximum atomic E-state index is 12.9. The van der Waals surface area contributed by atoms with Gasteiger partial charge < -0.3 is 0 Å². The zero-order valence-corrected chi connectivity index (χ0v) is 17.4. The molecule has 0 aliphatic carbocycles. The van der Waals surface area contributed by atoms with Crippen molar-refractivity contribution < 1.29 is 13.2 Å². The second-order valence-electron chi connectivity index (χ2n) is 6.47. The van der Waals surface area contributed by atoms with E-state index >= 15 is 0 Å². The van der Waals surface area contributed by atoms with Crippen LogP contribution in [0.3, 0.4) is 0 Å². The Morgan fingerprint density at radius 3 is 2.58 bits per heavy atom. The molecule has 0 unspecified atom stereocenters. The van der Waals surface area contributed by atoms with Gasteiger partial charge in [-0.2, -0.15) is 17.9 Å².